The van der Waals surface area contributed by atoms with E-state index in [0.717, 1.165) is 25.2 Å². The molecule has 2 aromatic rings. The Labute approximate surface area is 127 Å². The molecule has 0 spiro atoms. The van der Waals surface area contributed by atoms with Gasteiger partial charge in [0.25, 0.3) is 0 Å². The molecule has 1 aromatic carbocycles. The highest BCUT2D eigenvalue weighted by molar-refractivity contribution is 5.32. The number of aliphatic hydroxyl groups excluding tert-OH is 1. The summed E-state index contributed by atoms with van der Waals surface area (Å²) in [5, 5.41) is 13.0. The molecule has 112 valence electrons. The summed E-state index contributed by atoms with van der Waals surface area (Å²) in [5.74, 6) is 0.199. The van der Waals surface area contributed by atoms with Crippen molar-refractivity contribution in [2.45, 2.75) is 26.8 Å². The third-order valence-electron chi connectivity index (χ3n) is 3.95. The molecule has 2 N–H and O–H groups in total. The lowest BCUT2D eigenvalue weighted by Crippen LogP contribution is -2.27. The van der Waals surface area contributed by atoms with Crippen LogP contribution in [-0.2, 0) is 13.0 Å². The number of rotatable bonds is 7. The number of benzene rings is 1. The number of pyridine rings is 1. The molecule has 0 aliphatic heterocycles. The topological polar surface area (TPSA) is 45.1 Å². The van der Waals surface area contributed by atoms with E-state index in [1.165, 1.54) is 16.7 Å². The van der Waals surface area contributed by atoms with E-state index in [9.17, 15) is 5.11 Å². The lowest BCUT2D eigenvalue weighted by atomic mass is 10.0. The van der Waals surface area contributed by atoms with E-state index in [1.807, 2.05) is 18.2 Å². The first-order valence-corrected chi connectivity index (χ1v) is 7.47. The minimum Gasteiger partial charge on any atom is -0.396 e. The summed E-state index contributed by atoms with van der Waals surface area (Å²) in [6.07, 6.45) is 2.60. The van der Waals surface area contributed by atoms with E-state index in [-0.39, 0.29) is 12.5 Å². The maximum Gasteiger partial charge on any atom is 0.0475 e. The zero-order chi connectivity index (χ0) is 15.1. The van der Waals surface area contributed by atoms with Crippen LogP contribution in [0.1, 0.15) is 22.4 Å². The van der Waals surface area contributed by atoms with Gasteiger partial charge in [-0.1, -0.05) is 24.3 Å². The van der Waals surface area contributed by atoms with Gasteiger partial charge < -0.3 is 10.4 Å². The molecule has 0 fully saturated rings. The smallest absolute Gasteiger partial charge is 0.0475 e. The van der Waals surface area contributed by atoms with E-state index < -0.39 is 0 Å². The average Bonchev–Trinajstić information content (AvgIpc) is 2.51. The summed E-state index contributed by atoms with van der Waals surface area (Å²) in [7, 11) is 0. The second kappa shape index (κ2) is 7.91. The maximum atomic E-state index is 9.52. The molecule has 21 heavy (non-hydrogen) atoms. The Bertz CT molecular complexity index is 554. The number of hydrogen-bond donors (Lipinski definition) is 2. The van der Waals surface area contributed by atoms with Gasteiger partial charge in [0, 0.05) is 31.6 Å². The van der Waals surface area contributed by atoms with E-state index in [2.05, 4.69) is 42.3 Å². The Morgan fingerprint density at radius 1 is 1.14 bits per heavy atom. The van der Waals surface area contributed by atoms with Gasteiger partial charge in [0.15, 0.2) is 0 Å². The van der Waals surface area contributed by atoms with Crippen LogP contribution in [0, 0.1) is 19.8 Å². The van der Waals surface area contributed by atoms with E-state index in [4.69, 9.17) is 0 Å². The van der Waals surface area contributed by atoms with Crippen LogP contribution in [0.15, 0.2) is 42.6 Å². The van der Waals surface area contributed by atoms with Crippen LogP contribution in [-0.4, -0.2) is 23.2 Å². The molecular formula is C18H24N2O. The Hall–Kier alpha value is -1.71. The molecule has 0 saturated carbocycles. The number of nitrogens with one attached hydrogen (secondary N) is 1. The molecule has 1 unspecified atom stereocenters. The predicted octanol–water partition coefficient (Wildman–Crippen LogP) is 2.64. The average molecular weight is 284 g/mol. The Morgan fingerprint density at radius 2 is 2.00 bits per heavy atom. The molecule has 1 aromatic heterocycles. The Kier molecular flexibility index (Phi) is 5.90. The fourth-order valence-electron chi connectivity index (χ4n) is 2.43. The van der Waals surface area contributed by atoms with Crippen molar-refractivity contribution >= 4 is 0 Å². The van der Waals surface area contributed by atoms with Crippen LogP contribution >= 0.6 is 0 Å². The summed E-state index contributed by atoms with van der Waals surface area (Å²) in [5.41, 5.74) is 5.02. The maximum absolute atomic E-state index is 9.52. The van der Waals surface area contributed by atoms with E-state index >= 15 is 0 Å². The summed E-state index contributed by atoms with van der Waals surface area (Å²) in [6, 6.07) is 12.3. The Morgan fingerprint density at radius 3 is 2.71 bits per heavy atom. The standard InChI is InChI=1S/C18H24N2O/c1-14-6-5-7-17(15(14)2)12-19-11-16(13-21)10-18-8-3-4-9-20-18/h3-9,16,19,21H,10-13H2,1-2H3. The number of aromatic nitrogens is 1. The van der Waals surface area contributed by atoms with Crippen LogP contribution in [0.25, 0.3) is 0 Å². The summed E-state index contributed by atoms with van der Waals surface area (Å²) < 4.78 is 0. The van der Waals surface area contributed by atoms with Crippen molar-refractivity contribution in [1.29, 1.82) is 0 Å². The third-order valence-corrected chi connectivity index (χ3v) is 3.95. The molecule has 0 radical (unpaired) electrons. The number of aliphatic hydroxyl groups is 1. The van der Waals surface area contributed by atoms with Crippen LogP contribution < -0.4 is 5.32 Å². The van der Waals surface area contributed by atoms with Gasteiger partial charge in [-0.3, -0.25) is 4.98 Å². The predicted molar refractivity (Wildman–Crippen MR) is 86.1 cm³/mol. The van der Waals surface area contributed by atoms with Crippen molar-refractivity contribution < 1.29 is 5.11 Å². The normalized spacial score (nSPS) is 12.3. The van der Waals surface area contributed by atoms with Gasteiger partial charge >= 0.3 is 0 Å². The lowest BCUT2D eigenvalue weighted by molar-refractivity contribution is 0.220. The van der Waals surface area contributed by atoms with Gasteiger partial charge in [-0.15, -0.1) is 0 Å². The largest absolute Gasteiger partial charge is 0.396 e. The molecule has 0 amide bonds. The van der Waals surface area contributed by atoms with Gasteiger partial charge in [0.1, 0.15) is 0 Å². The van der Waals surface area contributed by atoms with Crippen molar-refractivity contribution in [3.8, 4) is 0 Å². The van der Waals surface area contributed by atoms with Crippen molar-refractivity contribution in [3.05, 3.63) is 65.0 Å². The molecular weight excluding hydrogens is 260 g/mol. The summed E-state index contributed by atoms with van der Waals surface area (Å²) >= 11 is 0. The quantitative estimate of drug-likeness (QED) is 0.821. The SMILES string of the molecule is Cc1cccc(CNCC(CO)Cc2ccccn2)c1C. The van der Waals surface area contributed by atoms with Crippen molar-refractivity contribution in [2.24, 2.45) is 5.92 Å². The second-order valence-corrected chi connectivity index (χ2v) is 5.56. The van der Waals surface area contributed by atoms with Gasteiger partial charge in [-0.2, -0.15) is 0 Å². The van der Waals surface area contributed by atoms with Crippen LogP contribution in [0.3, 0.4) is 0 Å². The highest BCUT2D eigenvalue weighted by atomic mass is 16.3. The monoisotopic (exact) mass is 284 g/mol. The first kappa shape index (κ1) is 15.7. The van der Waals surface area contributed by atoms with E-state index in [0.29, 0.717) is 0 Å². The summed E-state index contributed by atoms with van der Waals surface area (Å²) in [6.45, 7) is 6.10. The van der Waals surface area contributed by atoms with Gasteiger partial charge in [-0.25, -0.2) is 0 Å². The van der Waals surface area contributed by atoms with Crippen LogP contribution in [0.4, 0.5) is 0 Å². The van der Waals surface area contributed by atoms with Crippen molar-refractivity contribution in [2.75, 3.05) is 13.2 Å². The van der Waals surface area contributed by atoms with Gasteiger partial charge in [0.05, 0.1) is 0 Å². The fraction of sp³-hybridized carbons (Fsp3) is 0.389. The number of hydrogen-bond acceptors (Lipinski definition) is 3. The molecule has 0 aliphatic rings. The van der Waals surface area contributed by atoms with Gasteiger partial charge in [-0.05, 0) is 55.0 Å². The zero-order valence-electron chi connectivity index (χ0n) is 12.8. The molecule has 0 bridgehead atoms. The second-order valence-electron chi connectivity index (χ2n) is 5.56. The van der Waals surface area contributed by atoms with Crippen molar-refractivity contribution in [3.63, 3.8) is 0 Å². The first-order valence-electron chi connectivity index (χ1n) is 7.47. The minimum absolute atomic E-state index is 0.177. The van der Waals surface area contributed by atoms with Crippen LogP contribution in [0.2, 0.25) is 0 Å². The molecule has 0 aliphatic carbocycles. The third kappa shape index (κ3) is 4.66. The molecule has 3 nitrogen and oxygen atoms in total. The van der Waals surface area contributed by atoms with Crippen molar-refractivity contribution in [1.82, 2.24) is 10.3 Å². The van der Waals surface area contributed by atoms with Gasteiger partial charge in [0.2, 0.25) is 0 Å². The molecule has 3 heteroatoms. The minimum atomic E-state index is 0.177. The first-order chi connectivity index (χ1) is 10.2. The molecule has 0 saturated heterocycles. The highest BCUT2D eigenvalue weighted by Gasteiger charge is 2.09. The number of nitrogens with zero attached hydrogens (tertiary/aromatic N) is 1. The lowest BCUT2D eigenvalue weighted by Gasteiger charge is -2.16. The fourth-order valence-corrected chi connectivity index (χ4v) is 2.43. The van der Waals surface area contributed by atoms with E-state index in [1.54, 1.807) is 6.20 Å². The number of aryl methyl sites for hydroxylation is 1. The summed E-state index contributed by atoms with van der Waals surface area (Å²) in [4.78, 5) is 4.32. The Balaban J connectivity index is 1.85. The molecule has 1 atom stereocenters. The highest BCUT2D eigenvalue weighted by Crippen LogP contribution is 2.12. The molecule has 1 heterocycles. The molecule has 2 rings (SSSR count). The van der Waals surface area contributed by atoms with Crippen LogP contribution in [0.5, 0.6) is 0 Å². The zero-order valence-corrected chi connectivity index (χ0v) is 12.8.